The highest BCUT2D eigenvalue weighted by atomic mass is 32.1. The van der Waals surface area contributed by atoms with Gasteiger partial charge in [-0.3, -0.25) is 4.79 Å². The second-order valence-electron chi connectivity index (χ2n) is 4.77. The number of amides is 2. The van der Waals surface area contributed by atoms with Gasteiger partial charge in [0.1, 0.15) is 0 Å². The molecule has 0 spiro atoms. The summed E-state index contributed by atoms with van der Waals surface area (Å²) in [5.41, 5.74) is 0.939. The molecule has 7 heteroatoms. The van der Waals surface area contributed by atoms with Crippen LogP contribution in [0.25, 0.3) is 0 Å². The minimum Gasteiger partial charge on any atom is -0.481 e. The lowest BCUT2D eigenvalue weighted by molar-refractivity contribution is -0.137. The highest BCUT2D eigenvalue weighted by Gasteiger charge is 2.17. The molecule has 1 aromatic heterocycles. The molecule has 0 fully saturated rings. The number of rotatable bonds is 6. The second kappa shape index (κ2) is 7.23. The minimum atomic E-state index is -0.845. The molecule has 0 aliphatic rings. The Kier molecular flexibility index (Phi) is 5.94. The van der Waals surface area contributed by atoms with Gasteiger partial charge in [0.25, 0.3) is 0 Å². The van der Waals surface area contributed by atoms with E-state index in [4.69, 9.17) is 5.11 Å². The summed E-state index contributed by atoms with van der Waals surface area (Å²) < 4.78 is 0. The SMILES string of the molecule is Cc1nc(C)c(C(C)NC(=O)N(C)CCCC(=O)O)s1. The summed E-state index contributed by atoms with van der Waals surface area (Å²) in [7, 11) is 1.66. The van der Waals surface area contributed by atoms with Crippen LogP contribution < -0.4 is 5.32 Å². The summed E-state index contributed by atoms with van der Waals surface area (Å²) in [5.74, 6) is -0.845. The number of hydrogen-bond donors (Lipinski definition) is 2. The van der Waals surface area contributed by atoms with Crippen molar-refractivity contribution in [1.29, 1.82) is 0 Å². The van der Waals surface area contributed by atoms with Gasteiger partial charge >= 0.3 is 12.0 Å². The molecule has 2 N–H and O–H groups in total. The second-order valence-corrected chi connectivity index (χ2v) is 6.01. The van der Waals surface area contributed by atoms with E-state index in [2.05, 4.69) is 10.3 Å². The van der Waals surface area contributed by atoms with E-state index >= 15 is 0 Å². The summed E-state index contributed by atoms with van der Waals surface area (Å²) in [6.07, 6.45) is 0.520. The van der Waals surface area contributed by atoms with E-state index in [1.54, 1.807) is 18.4 Å². The Labute approximate surface area is 122 Å². The number of hydrogen-bond acceptors (Lipinski definition) is 4. The molecule has 112 valence electrons. The monoisotopic (exact) mass is 299 g/mol. The van der Waals surface area contributed by atoms with E-state index in [-0.39, 0.29) is 18.5 Å². The lowest BCUT2D eigenvalue weighted by atomic mass is 10.2. The highest BCUT2D eigenvalue weighted by Crippen LogP contribution is 2.24. The van der Waals surface area contributed by atoms with Gasteiger partial charge in [0, 0.05) is 24.9 Å². The Morgan fingerprint density at radius 1 is 1.45 bits per heavy atom. The van der Waals surface area contributed by atoms with Crippen molar-refractivity contribution < 1.29 is 14.7 Å². The first-order valence-corrected chi connectivity index (χ1v) is 7.30. The molecular formula is C13H21N3O3S. The number of carbonyl (C=O) groups excluding carboxylic acids is 1. The van der Waals surface area contributed by atoms with Crippen molar-refractivity contribution in [1.82, 2.24) is 15.2 Å². The number of carbonyl (C=O) groups is 2. The van der Waals surface area contributed by atoms with E-state index in [1.807, 2.05) is 20.8 Å². The number of nitrogens with zero attached hydrogens (tertiary/aromatic N) is 2. The van der Waals surface area contributed by atoms with Gasteiger partial charge in [-0.05, 0) is 27.2 Å². The molecular weight excluding hydrogens is 278 g/mol. The molecule has 0 radical (unpaired) electrons. The molecule has 1 rings (SSSR count). The maximum absolute atomic E-state index is 12.0. The average Bonchev–Trinajstić information content (AvgIpc) is 2.67. The summed E-state index contributed by atoms with van der Waals surface area (Å²) in [4.78, 5) is 29.3. The topological polar surface area (TPSA) is 82.5 Å². The van der Waals surface area contributed by atoms with Gasteiger partial charge < -0.3 is 15.3 Å². The van der Waals surface area contributed by atoms with Gasteiger partial charge in [0.2, 0.25) is 0 Å². The van der Waals surface area contributed by atoms with Crippen LogP contribution in [0.4, 0.5) is 4.79 Å². The van der Waals surface area contributed by atoms with E-state index in [1.165, 1.54) is 4.90 Å². The molecule has 0 saturated carbocycles. The third-order valence-electron chi connectivity index (χ3n) is 2.90. The Morgan fingerprint density at radius 3 is 2.60 bits per heavy atom. The quantitative estimate of drug-likeness (QED) is 0.844. The van der Waals surface area contributed by atoms with Crippen LogP contribution in [0.5, 0.6) is 0 Å². The highest BCUT2D eigenvalue weighted by molar-refractivity contribution is 7.11. The Hall–Kier alpha value is -1.63. The predicted octanol–water partition coefficient (Wildman–Crippen LogP) is 2.33. The smallest absolute Gasteiger partial charge is 0.317 e. The van der Waals surface area contributed by atoms with Gasteiger partial charge in [0.05, 0.1) is 16.7 Å². The first-order chi connectivity index (χ1) is 9.31. The van der Waals surface area contributed by atoms with Gasteiger partial charge in [-0.25, -0.2) is 9.78 Å². The molecule has 20 heavy (non-hydrogen) atoms. The van der Waals surface area contributed by atoms with Crippen LogP contribution in [0.3, 0.4) is 0 Å². The van der Waals surface area contributed by atoms with Crippen molar-refractivity contribution in [2.75, 3.05) is 13.6 Å². The molecule has 2 amide bonds. The number of nitrogens with one attached hydrogen (secondary N) is 1. The third-order valence-corrected chi connectivity index (χ3v) is 4.16. The van der Waals surface area contributed by atoms with E-state index in [0.717, 1.165) is 15.6 Å². The van der Waals surface area contributed by atoms with Crippen LogP contribution in [0.15, 0.2) is 0 Å². The lowest BCUT2D eigenvalue weighted by Gasteiger charge is -2.20. The number of carboxylic acids is 1. The Morgan fingerprint density at radius 2 is 2.10 bits per heavy atom. The molecule has 6 nitrogen and oxygen atoms in total. The van der Waals surface area contributed by atoms with Crippen LogP contribution in [0.1, 0.15) is 41.4 Å². The van der Waals surface area contributed by atoms with Gasteiger partial charge in [-0.2, -0.15) is 0 Å². The van der Waals surface area contributed by atoms with Gasteiger partial charge in [-0.1, -0.05) is 0 Å². The van der Waals surface area contributed by atoms with Crippen LogP contribution in [-0.4, -0.2) is 40.6 Å². The van der Waals surface area contributed by atoms with Crippen molar-refractivity contribution in [3.05, 3.63) is 15.6 Å². The van der Waals surface area contributed by atoms with Crippen molar-refractivity contribution >= 4 is 23.3 Å². The van der Waals surface area contributed by atoms with Crippen molar-refractivity contribution in [2.24, 2.45) is 0 Å². The van der Waals surface area contributed by atoms with Crippen molar-refractivity contribution in [3.8, 4) is 0 Å². The van der Waals surface area contributed by atoms with Gasteiger partial charge in [-0.15, -0.1) is 11.3 Å². The minimum absolute atomic E-state index is 0.0698. The maximum Gasteiger partial charge on any atom is 0.317 e. The van der Waals surface area contributed by atoms with Crippen LogP contribution >= 0.6 is 11.3 Å². The molecule has 1 heterocycles. The van der Waals surface area contributed by atoms with Crippen LogP contribution in [0, 0.1) is 13.8 Å². The first-order valence-electron chi connectivity index (χ1n) is 6.48. The molecule has 0 bridgehead atoms. The Bertz CT molecular complexity index is 487. The third kappa shape index (κ3) is 4.80. The molecule has 1 unspecified atom stereocenters. The van der Waals surface area contributed by atoms with Crippen LogP contribution in [0.2, 0.25) is 0 Å². The summed E-state index contributed by atoms with van der Waals surface area (Å²) in [6, 6.07) is -0.302. The average molecular weight is 299 g/mol. The number of thiazole rings is 1. The normalized spacial score (nSPS) is 12.0. The number of aromatic nitrogens is 1. The van der Waals surface area contributed by atoms with E-state index in [0.29, 0.717) is 13.0 Å². The fourth-order valence-corrected chi connectivity index (χ4v) is 2.81. The lowest BCUT2D eigenvalue weighted by Crippen LogP contribution is -2.39. The molecule has 1 atom stereocenters. The van der Waals surface area contributed by atoms with Gasteiger partial charge in [0.15, 0.2) is 0 Å². The Balaban J connectivity index is 2.48. The fraction of sp³-hybridized carbons (Fsp3) is 0.615. The fourth-order valence-electron chi connectivity index (χ4n) is 1.88. The molecule has 0 aromatic carbocycles. The standard InChI is InChI=1S/C13H21N3O3S/c1-8-12(20-10(3)14-8)9(2)15-13(19)16(4)7-5-6-11(17)18/h9H,5-7H2,1-4H3,(H,15,19)(H,17,18). The first kappa shape index (κ1) is 16.4. The summed E-state index contributed by atoms with van der Waals surface area (Å²) >= 11 is 1.58. The van der Waals surface area contributed by atoms with Crippen LogP contribution in [-0.2, 0) is 4.79 Å². The van der Waals surface area contributed by atoms with Crippen molar-refractivity contribution in [2.45, 2.75) is 39.7 Å². The number of carboxylic acid groups (broad SMARTS) is 1. The summed E-state index contributed by atoms with van der Waals surface area (Å²) in [5, 5.41) is 12.4. The van der Waals surface area contributed by atoms with Crippen molar-refractivity contribution in [3.63, 3.8) is 0 Å². The number of aryl methyl sites for hydroxylation is 2. The van der Waals surface area contributed by atoms with E-state index in [9.17, 15) is 9.59 Å². The zero-order valence-corrected chi connectivity index (χ0v) is 13.1. The molecule has 0 aliphatic carbocycles. The maximum atomic E-state index is 12.0. The molecule has 0 saturated heterocycles. The predicted molar refractivity (Wildman–Crippen MR) is 78.0 cm³/mol. The molecule has 0 aliphatic heterocycles. The van der Waals surface area contributed by atoms with E-state index < -0.39 is 5.97 Å². The number of aliphatic carboxylic acids is 1. The zero-order valence-electron chi connectivity index (χ0n) is 12.3. The molecule has 1 aromatic rings. The summed E-state index contributed by atoms with van der Waals surface area (Å²) in [6.45, 7) is 6.21. The number of urea groups is 1. The largest absolute Gasteiger partial charge is 0.481 e. The zero-order chi connectivity index (χ0) is 15.3.